The summed E-state index contributed by atoms with van der Waals surface area (Å²) in [5.74, 6) is 2.28. The maximum atomic E-state index is 13.0. The van der Waals surface area contributed by atoms with E-state index in [1.165, 1.54) is 24.0 Å². The summed E-state index contributed by atoms with van der Waals surface area (Å²) >= 11 is 0. The number of ketones is 1. The van der Waals surface area contributed by atoms with Crippen LogP contribution in [0.1, 0.15) is 66.8 Å². The lowest BCUT2D eigenvalue weighted by Gasteiger charge is -2.17. The number of pyridine rings is 1. The van der Waals surface area contributed by atoms with Crippen LogP contribution >= 0.6 is 0 Å². The summed E-state index contributed by atoms with van der Waals surface area (Å²) in [6, 6.07) is 8.11. The lowest BCUT2D eigenvalue weighted by Crippen LogP contribution is -2.25. The molecule has 0 aliphatic heterocycles. The van der Waals surface area contributed by atoms with Crippen LogP contribution in [0, 0.1) is 6.92 Å². The summed E-state index contributed by atoms with van der Waals surface area (Å²) in [7, 11) is 3.60. The molecule has 2 atom stereocenters. The summed E-state index contributed by atoms with van der Waals surface area (Å²) in [6.45, 7) is 3.90. The number of carbonyl (C=O) groups is 1. The first kappa shape index (κ1) is 20.0. The van der Waals surface area contributed by atoms with Gasteiger partial charge in [0.25, 0.3) is 0 Å². The van der Waals surface area contributed by atoms with Crippen molar-refractivity contribution < 1.29 is 14.3 Å². The highest BCUT2D eigenvalue weighted by Gasteiger charge is 2.31. The molecule has 2 aromatic heterocycles. The number of hydrogen-bond acceptors (Lipinski definition) is 5. The molecule has 1 aromatic carbocycles. The smallest absolute Gasteiger partial charge is 0.216 e. The molecule has 1 saturated carbocycles. The van der Waals surface area contributed by atoms with Gasteiger partial charge in [-0.05, 0) is 74.3 Å². The summed E-state index contributed by atoms with van der Waals surface area (Å²) in [5.41, 5.74) is 5.63. The molecule has 162 valence electrons. The molecule has 5 rings (SSSR count). The molecule has 0 bridgehead atoms. The van der Waals surface area contributed by atoms with Crippen molar-refractivity contribution in [2.75, 3.05) is 7.11 Å². The van der Waals surface area contributed by atoms with Crippen molar-refractivity contribution in [3.05, 3.63) is 46.6 Å². The van der Waals surface area contributed by atoms with E-state index < -0.39 is 6.10 Å². The lowest BCUT2D eigenvalue weighted by atomic mass is 9.94. The Hall–Kier alpha value is -2.89. The van der Waals surface area contributed by atoms with Crippen LogP contribution in [0.3, 0.4) is 0 Å². The highest BCUT2D eigenvalue weighted by atomic mass is 16.5. The number of aryl methyl sites for hydroxylation is 3. The number of benzene rings is 1. The minimum atomic E-state index is -0.539. The molecule has 0 radical (unpaired) electrons. The first-order valence-corrected chi connectivity index (χ1v) is 11.1. The Bertz CT molecular complexity index is 1160. The molecule has 6 heteroatoms. The van der Waals surface area contributed by atoms with Crippen LogP contribution in [-0.2, 0) is 18.3 Å². The molecule has 1 unspecified atom stereocenters. The van der Waals surface area contributed by atoms with E-state index in [1.54, 1.807) is 7.11 Å². The monoisotopic (exact) mass is 419 g/mol. The SMILES string of the molecule is COc1ccc2c(c1)CC[C@@H]2CC(=O)C(C)Oc1cc(C)c2c(C3CC3)nn(C)c2n1. The molecule has 2 heterocycles. The molecule has 0 spiro atoms. The van der Waals surface area contributed by atoms with Crippen LogP contribution in [0.4, 0.5) is 0 Å². The van der Waals surface area contributed by atoms with E-state index in [2.05, 4.69) is 24.0 Å². The molecule has 6 nitrogen and oxygen atoms in total. The molecule has 1 fully saturated rings. The van der Waals surface area contributed by atoms with E-state index in [0.29, 0.717) is 18.2 Å². The van der Waals surface area contributed by atoms with Crippen LogP contribution in [0.2, 0.25) is 0 Å². The minimum absolute atomic E-state index is 0.108. The number of Topliss-reactive ketones (excluding diaryl/α,β-unsaturated/α-hetero) is 1. The lowest BCUT2D eigenvalue weighted by molar-refractivity contribution is -0.125. The molecule has 2 aliphatic carbocycles. The van der Waals surface area contributed by atoms with Crippen molar-refractivity contribution in [2.45, 2.75) is 63.9 Å². The van der Waals surface area contributed by atoms with Gasteiger partial charge in [0.05, 0.1) is 12.8 Å². The van der Waals surface area contributed by atoms with Gasteiger partial charge in [0, 0.05) is 30.8 Å². The third kappa shape index (κ3) is 3.68. The number of hydrogen-bond donors (Lipinski definition) is 0. The highest BCUT2D eigenvalue weighted by molar-refractivity contribution is 5.85. The Kier molecular flexibility index (Phi) is 4.95. The van der Waals surface area contributed by atoms with Gasteiger partial charge in [-0.15, -0.1) is 0 Å². The first-order valence-electron chi connectivity index (χ1n) is 11.1. The third-order valence-electron chi connectivity index (χ3n) is 6.71. The highest BCUT2D eigenvalue weighted by Crippen LogP contribution is 2.43. The number of methoxy groups -OCH3 is 1. The Morgan fingerprint density at radius 1 is 1.26 bits per heavy atom. The quantitative estimate of drug-likeness (QED) is 0.559. The molecular weight excluding hydrogens is 390 g/mol. The molecule has 0 saturated heterocycles. The number of nitrogens with zero attached hydrogens (tertiary/aromatic N) is 3. The van der Waals surface area contributed by atoms with Crippen molar-refractivity contribution >= 4 is 16.8 Å². The number of fused-ring (bicyclic) bond motifs is 2. The van der Waals surface area contributed by atoms with Crippen LogP contribution < -0.4 is 9.47 Å². The van der Waals surface area contributed by atoms with E-state index in [1.807, 2.05) is 30.8 Å². The number of ether oxygens (including phenoxy) is 2. The van der Waals surface area contributed by atoms with E-state index in [4.69, 9.17) is 14.6 Å². The average molecular weight is 420 g/mol. The zero-order valence-electron chi connectivity index (χ0n) is 18.6. The summed E-state index contributed by atoms with van der Waals surface area (Å²) in [4.78, 5) is 17.6. The Labute approximate surface area is 182 Å². The van der Waals surface area contributed by atoms with Gasteiger partial charge in [0.15, 0.2) is 17.5 Å². The summed E-state index contributed by atoms with van der Waals surface area (Å²) in [6.07, 6.45) is 4.32. The van der Waals surface area contributed by atoms with E-state index in [-0.39, 0.29) is 11.7 Å². The van der Waals surface area contributed by atoms with Gasteiger partial charge in [-0.1, -0.05) is 6.07 Å². The second kappa shape index (κ2) is 7.66. The normalized spacial score (nSPS) is 18.8. The second-order valence-corrected chi connectivity index (χ2v) is 8.99. The maximum absolute atomic E-state index is 13.0. The second-order valence-electron chi connectivity index (χ2n) is 8.99. The molecule has 3 aromatic rings. The van der Waals surface area contributed by atoms with E-state index in [0.717, 1.165) is 40.9 Å². The predicted octanol–water partition coefficient (Wildman–Crippen LogP) is 4.62. The molecule has 2 aliphatic rings. The Morgan fingerprint density at radius 3 is 2.81 bits per heavy atom. The largest absolute Gasteiger partial charge is 0.497 e. The Morgan fingerprint density at radius 2 is 2.06 bits per heavy atom. The number of aromatic nitrogens is 3. The minimum Gasteiger partial charge on any atom is -0.497 e. The zero-order chi connectivity index (χ0) is 21.7. The fourth-order valence-corrected chi connectivity index (χ4v) is 4.82. The van der Waals surface area contributed by atoms with Gasteiger partial charge in [0.2, 0.25) is 5.88 Å². The van der Waals surface area contributed by atoms with Crippen molar-refractivity contribution in [1.29, 1.82) is 0 Å². The molecule has 31 heavy (non-hydrogen) atoms. The fraction of sp³-hybridized carbons (Fsp3) is 0.480. The van der Waals surface area contributed by atoms with Gasteiger partial charge in [-0.2, -0.15) is 10.1 Å². The van der Waals surface area contributed by atoms with E-state index >= 15 is 0 Å². The molecule has 0 amide bonds. The Balaban J connectivity index is 1.30. The van der Waals surface area contributed by atoms with Crippen LogP contribution in [0.25, 0.3) is 11.0 Å². The van der Waals surface area contributed by atoms with Gasteiger partial charge in [-0.25, -0.2) is 0 Å². The van der Waals surface area contributed by atoms with Crippen molar-refractivity contribution in [2.24, 2.45) is 7.05 Å². The fourth-order valence-electron chi connectivity index (χ4n) is 4.82. The van der Waals surface area contributed by atoms with Crippen LogP contribution in [0.15, 0.2) is 24.3 Å². The van der Waals surface area contributed by atoms with Crippen molar-refractivity contribution in [1.82, 2.24) is 14.8 Å². The number of carbonyl (C=O) groups excluding carboxylic acids is 1. The van der Waals surface area contributed by atoms with Gasteiger partial charge >= 0.3 is 0 Å². The van der Waals surface area contributed by atoms with Crippen molar-refractivity contribution in [3.63, 3.8) is 0 Å². The third-order valence-corrected chi connectivity index (χ3v) is 6.71. The summed E-state index contributed by atoms with van der Waals surface area (Å²) < 4.78 is 13.2. The first-order chi connectivity index (χ1) is 14.9. The average Bonchev–Trinajstić information content (AvgIpc) is 3.45. The molecular formula is C25H29N3O3. The molecule has 0 N–H and O–H groups in total. The topological polar surface area (TPSA) is 66.2 Å². The van der Waals surface area contributed by atoms with E-state index in [9.17, 15) is 4.79 Å². The number of rotatable bonds is 7. The maximum Gasteiger partial charge on any atom is 0.216 e. The summed E-state index contributed by atoms with van der Waals surface area (Å²) in [5, 5.41) is 5.83. The van der Waals surface area contributed by atoms with Crippen molar-refractivity contribution in [3.8, 4) is 11.6 Å². The van der Waals surface area contributed by atoms with Gasteiger partial charge in [0.1, 0.15) is 5.75 Å². The predicted molar refractivity (Wildman–Crippen MR) is 119 cm³/mol. The standard InChI is InChI=1S/C25H29N3O3/c1-14-11-22(26-25-23(14)24(16-5-6-16)27-28(25)3)31-15(2)21(29)13-18-8-7-17-12-19(30-4)9-10-20(17)18/h9-12,15-16,18H,5-8,13H2,1-4H3/t15?,18-/m1/s1. The zero-order valence-corrected chi connectivity index (χ0v) is 18.6. The van der Waals surface area contributed by atoms with Crippen LogP contribution in [-0.4, -0.2) is 33.8 Å². The van der Waals surface area contributed by atoms with Crippen LogP contribution in [0.5, 0.6) is 11.6 Å². The van der Waals surface area contributed by atoms with Gasteiger partial charge < -0.3 is 9.47 Å². The van der Waals surface area contributed by atoms with Gasteiger partial charge in [-0.3, -0.25) is 9.48 Å².